The number of anilines is 4. The van der Waals surface area contributed by atoms with E-state index < -0.39 is 15.8 Å². The highest BCUT2D eigenvalue weighted by Crippen LogP contribution is 2.22. The van der Waals surface area contributed by atoms with Gasteiger partial charge in [-0.3, -0.25) is 0 Å². The van der Waals surface area contributed by atoms with Crippen LogP contribution in [-0.2, 0) is 16.4 Å². The number of nitrogens with one attached hydrogen (secondary N) is 3. The lowest BCUT2D eigenvalue weighted by molar-refractivity contribution is 0.598. The SMILES string of the molecule is Cc1nc(Cc2ccc(Nc3nc(Nc4cccc(S(N)(=O)=O)c4)ncc3F)cc2)c[nH]1. The largest absolute Gasteiger partial charge is 0.349 e. The molecule has 0 bridgehead atoms. The molecule has 11 heteroatoms. The highest BCUT2D eigenvalue weighted by molar-refractivity contribution is 7.89. The molecule has 2 aromatic carbocycles. The van der Waals surface area contributed by atoms with Crippen LogP contribution in [0.2, 0.25) is 0 Å². The van der Waals surface area contributed by atoms with Gasteiger partial charge in [-0.05, 0) is 42.8 Å². The molecule has 0 saturated heterocycles. The van der Waals surface area contributed by atoms with Gasteiger partial charge in [-0.25, -0.2) is 27.9 Å². The summed E-state index contributed by atoms with van der Waals surface area (Å²) in [5.74, 6) is 0.287. The number of imidazole rings is 1. The number of hydrogen-bond donors (Lipinski definition) is 4. The zero-order valence-corrected chi connectivity index (χ0v) is 17.8. The van der Waals surface area contributed by atoms with Crippen molar-refractivity contribution in [2.75, 3.05) is 10.6 Å². The summed E-state index contributed by atoms with van der Waals surface area (Å²) in [7, 11) is -3.85. The molecule has 0 aliphatic heterocycles. The first-order valence-corrected chi connectivity index (χ1v) is 11.1. The molecular weight excluding hydrogens is 433 g/mol. The lowest BCUT2D eigenvalue weighted by atomic mass is 10.1. The smallest absolute Gasteiger partial charge is 0.238 e. The third-order valence-corrected chi connectivity index (χ3v) is 5.43. The van der Waals surface area contributed by atoms with Crippen molar-refractivity contribution < 1.29 is 12.8 Å². The van der Waals surface area contributed by atoms with E-state index in [0.29, 0.717) is 17.8 Å². The molecule has 32 heavy (non-hydrogen) atoms. The highest BCUT2D eigenvalue weighted by atomic mass is 32.2. The van der Waals surface area contributed by atoms with Gasteiger partial charge in [0.15, 0.2) is 11.6 Å². The number of aromatic nitrogens is 4. The van der Waals surface area contributed by atoms with Crippen LogP contribution in [0.15, 0.2) is 65.8 Å². The first-order valence-electron chi connectivity index (χ1n) is 9.55. The number of primary sulfonamides is 1. The summed E-state index contributed by atoms with van der Waals surface area (Å²) in [4.78, 5) is 15.4. The fourth-order valence-electron chi connectivity index (χ4n) is 3.00. The van der Waals surface area contributed by atoms with Crippen molar-refractivity contribution in [1.29, 1.82) is 0 Å². The first kappa shape index (κ1) is 21.4. The molecule has 4 aromatic rings. The molecule has 9 nitrogen and oxygen atoms in total. The van der Waals surface area contributed by atoms with Crippen molar-refractivity contribution in [2.45, 2.75) is 18.2 Å². The fraction of sp³-hybridized carbons (Fsp3) is 0.0952. The summed E-state index contributed by atoms with van der Waals surface area (Å²) in [5, 5.41) is 10.9. The van der Waals surface area contributed by atoms with E-state index >= 15 is 0 Å². The Balaban J connectivity index is 1.48. The molecule has 5 N–H and O–H groups in total. The number of aryl methyl sites for hydroxylation is 1. The molecule has 2 heterocycles. The number of nitrogens with two attached hydrogens (primary N) is 1. The first-order chi connectivity index (χ1) is 15.3. The number of benzene rings is 2. The summed E-state index contributed by atoms with van der Waals surface area (Å²) in [6.07, 6.45) is 3.57. The van der Waals surface area contributed by atoms with Gasteiger partial charge in [0.25, 0.3) is 0 Å². The van der Waals surface area contributed by atoms with Crippen molar-refractivity contribution in [1.82, 2.24) is 19.9 Å². The molecule has 4 rings (SSSR count). The second kappa shape index (κ2) is 8.73. The number of hydrogen-bond acceptors (Lipinski definition) is 7. The van der Waals surface area contributed by atoms with Gasteiger partial charge in [-0.2, -0.15) is 4.98 Å². The highest BCUT2D eigenvalue weighted by Gasteiger charge is 2.11. The van der Waals surface area contributed by atoms with Gasteiger partial charge in [0, 0.05) is 24.0 Å². The molecule has 0 radical (unpaired) electrons. The standard InChI is InChI=1S/C21H20FN7O2S/c1-13-24-11-17(26-13)9-14-5-7-15(8-6-14)27-20-19(22)12-25-21(29-20)28-16-3-2-4-18(10-16)32(23,30)31/h2-8,10-12H,9H2,1H3,(H,24,26)(H2,23,30,31)(H2,25,27,28,29). The number of aromatic amines is 1. The third kappa shape index (κ3) is 5.25. The van der Waals surface area contributed by atoms with Crippen LogP contribution in [0.5, 0.6) is 0 Å². The molecule has 0 fully saturated rings. The minimum Gasteiger partial charge on any atom is -0.349 e. The average molecular weight is 454 g/mol. The Bertz CT molecular complexity index is 1350. The molecule has 0 unspecified atom stereocenters. The van der Waals surface area contributed by atoms with E-state index in [-0.39, 0.29) is 16.7 Å². The molecule has 164 valence electrons. The van der Waals surface area contributed by atoms with Crippen LogP contribution in [0.3, 0.4) is 0 Å². The monoisotopic (exact) mass is 453 g/mol. The van der Waals surface area contributed by atoms with E-state index in [9.17, 15) is 12.8 Å². The Kier molecular flexibility index (Phi) is 5.84. The molecule has 2 aromatic heterocycles. The average Bonchev–Trinajstić information content (AvgIpc) is 3.16. The van der Waals surface area contributed by atoms with Crippen molar-refractivity contribution >= 4 is 33.2 Å². The molecule has 0 aliphatic rings. The second-order valence-electron chi connectivity index (χ2n) is 7.06. The van der Waals surface area contributed by atoms with Crippen LogP contribution in [-0.4, -0.2) is 28.4 Å². The summed E-state index contributed by atoms with van der Waals surface area (Å²) in [6, 6.07) is 13.3. The lowest BCUT2D eigenvalue weighted by Gasteiger charge is -2.10. The van der Waals surface area contributed by atoms with E-state index in [1.165, 1.54) is 18.2 Å². The van der Waals surface area contributed by atoms with Crippen molar-refractivity contribution in [3.05, 3.63) is 83.8 Å². The quantitative estimate of drug-likeness (QED) is 0.336. The van der Waals surface area contributed by atoms with Gasteiger partial charge in [0.2, 0.25) is 16.0 Å². The van der Waals surface area contributed by atoms with Crippen LogP contribution >= 0.6 is 0 Å². The maximum absolute atomic E-state index is 14.3. The molecule has 0 spiro atoms. The maximum Gasteiger partial charge on any atom is 0.238 e. The van der Waals surface area contributed by atoms with Crippen LogP contribution in [0.1, 0.15) is 17.1 Å². The van der Waals surface area contributed by atoms with Crippen molar-refractivity contribution in [3.8, 4) is 0 Å². The minimum atomic E-state index is -3.85. The van der Waals surface area contributed by atoms with E-state index in [1.807, 2.05) is 37.4 Å². The van der Waals surface area contributed by atoms with E-state index in [1.54, 1.807) is 6.07 Å². The Morgan fingerprint density at radius 2 is 1.84 bits per heavy atom. The van der Waals surface area contributed by atoms with Crippen LogP contribution in [0.25, 0.3) is 0 Å². The molecule has 0 atom stereocenters. The molecule has 0 amide bonds. The zero-order chi connectivity index (χ0) is 22.7. The van der Waals surface area contributed by atoms with Crippen LogP contribution in [0.4, 0.5) is 27.5 Å². The van der Waals surface area contributed by atoms with Gasteiger partial charge in [0.1, 0.15) is 5.82 Å². The van der Waals surface area contributed by atoms with Crippen LogP contribution in [0, 0.1) is 12.7 Å². The Labute approximate surface area is 184 Å². The summed E-state index contributed by atoms with van der Waals surface area (Å²) >= 11 is 0. The zero-order valence-electron chi connectivity index (χ0n) is 17.0. The summed E-state index contributed by atoms with van der Waals surface area (Å²) < 4.78 is 37.3. The van der Waals surface area contributed by atoms with Gasteiger partial charge in [0.05, 0.1) is 16.8 Å². The molecular formula is C21H20FN7O2S. The second-order valence-corrected chi connectivity index (χ2v) is 8.63. The van der Waals surface area contributed by atoms with E-state index in [0.717, 1.165) is 23.3 Å². The summed E-state index contributed by atoms with van der Waals surface area (Å²) in [5.41, 5.74) is 3.04. The van der Waals surface area contributed by atoms with E-state index in [2.05, 4.69) is 30.6 Å². The van der Waals surface area contributed by atoms with Crippen molar-refractivity contribution in [3.63, 3.8) is 0 Å². The Morgan fingerprint density at radius 3 is 2.53 bits per heavy atom. The predicted molar refractivity (Wildman–Crippen MR) is 119 cm³/mol. The van der Waals surface area contributed by atoms with E-state index in [4.69, 9.17) is 5.14 Å². The van der Waals surface area contributed by atoms with Gasteiger partial charge >= 0.3 is 0 Å². The normalized spacial score (nSPS) is 11.3. The number of halogens is 1. The number of rotatable bonds is 7. The number of sulfonamides is 1. The van der Waals surface area contributed by atoms with Gasteiger partial charge < -0.3 is 15.6 Å². The van der Waals surface area contributed by atoms with Gasteiger partial charge in [-0.15, -0.1) is 0 Å². The Morgan fingerprint density at radius 1 is 1.06 bits per heavy atom. The fourth-order valence-corrected chi connectivity index (χ4v) is 3.56. The number of H-pyrrole nitrogens is 1. The third-order valence-electron chi connectivity index (χ3n) is 4.52. The van der Waals surface area contributed by atoms with Crippen molar-refractivity contribution in [2.24, 2.45) is 5.14 Å². The summed E-state index contributed by atoms with van der Waals surface area (Å²) in [6.45, 7) is 1.90. The lowest BCUT2D eigenvalue weighted by Crippen LogP contribution is -2.12. The Hall–Kier alpha value is -3.83. The topological polar surface area (TPSA) is 139 Å². The molecule has 0 aliphatic carbocycles. The predicted octanol–water partition coefficient (Wildman–Crippen LogP) is 3.37. The van der Waals surface area contributed by atoms with Gasteiger partial charge in [-0.1, -0.05) is 18.2 Å². The number of nitrogens with zero attached hydrogens (tertiary/aromatic N) is 3. The van der Waals surface area contributed by atoms with Crippen LogP contribution < -0.4 is 15.8 Å². The maximum atomic E-state index is 14.3. The minimum absolute atomic E-state index is 0.0271. The molecule has 0 saturated carbocycles.